The second kappa shape index (κ2) is 6.43. The maximum Gasteiger partial charge on any atom is 0.181 e. The number of halogens is 1. The zero-order chi connectivity index (χ0) is 17.4. The Labute approximate surface area is 147 Å². The molecule has 0 radical (unpaired) electrons. The lowest BCUT2D eigenvalue weighted by atomic mass is 9.94. The molecule has 0 aromatic carbocycles. The SMILES string of the molecule is CCC[C@H]1CN(c2ccc(F)c(-c3[nH]nc4ncccc34)n2)C[C@@H]1C.[HH]. The summed E-state index contributed by atoms with van der Waals surface area (Å²) in [6.07, 6.45) is 4.09. The van der Waals surface area contributed by atoms with Crippen LogP contribution in [0.25, 0.3) is 22.4 Å². The number of hydrogen-bond acceptors (Lipinski definition) is 4. The Hall–Kier alpha value is -2.50. The summed E-state index contributed by atoms with van der Waals surface area (Å²) < 4.78 is 14.5. The molecular weight excluding hydrogens is 317 g/mol. The normalized spacial score (nSPS) is 20.5. The van der Waals surface area contributed by atoms with Crippen LogP contribution in [0, 0.1) is 17.7 Å². The topological polar surface area (TPSA) is 57.7 Å². The molecule has 0 bridgehead atoms. The molecule has 0 amide bonds. The average molecular weight is 341 g/mol. The molecule has 2 atom stereocenters. The van der Waals surface area contributed by atoms with Crippen LogP contribution < -0.4 is 4.90 Å². The number of nitrogens with zero attached hydrogens (tertiary/aromatic N) is 4. The highest BCUT2D eigenvalue weighted by molar-refractivity contribution is 5.89. The van der Waals surface area contributed by atoms with E-state index in [9.17, 15) is 4.39 Å². The van der Waals surface area contributed by atoms with Gasteiger partial charge in [0.05, 0.1) is 5.69 Å². The van der Waals surface area contributed by atoms with Crippen molar-refractivity contribution < 1.29 is 5.82 Å². The third-order valence-corrected chi connectivity index (χ3v) is 5.15. The van der Waals surface area contributed by atoms with Crippen molar-refractivity contribution in [2.75, 3.05) is 18.0 Å². The van der Waals surface area contributed by atoms with E-state index in [0.717, 1.165) is 24.3 Å². The van der Waals surface area contributed by atoms with Gasteiger partial charge in [0, 0.05) is 26.1 Å². The summed E-state index contributed by atoms with van der Waals surface area (Å²) >= 11 is 0. The maximum absolute atomic E-state index is 14.5. The molecule has 25 heavy (non-hydrogen) atoms. The van der Waals surface area contributed by atoms with Gasteiger partial charge in [0.2, 0.25) is 0 Å². The van der Waals surface area contributed by atoms with Gasteiger partial charge in [-0.3, -0.25) is 5.10 Å². The number of aromatic nitrogens is 4. The first-order valence-corrected chi connectivity index (χ1v) is 8.88. The van der Waals surface area contributed by atoms with Crippen molar-refractivity contribution in [1.82, 2.24) is 20.2 Å². The van der Waals surface area contributed by atoms with Gasteiger partial charge in [0.1, 0.15) is 11.5 Å². The lowest BCUT2D eigenvalue weighted by Gasteiger charge is -2.18. The first-order chi connectivity index (χ1) is 12.2. The van der Waals surface area contributed by atoms with E-state index in [2.05, 4.69) is 38.9 Å². The Balaban J connectivity index is 0.00000196. The highest BCUT2D eigenvalue weighted by Crippen LogP contribution is 2.32. The first-order valence-electron chi connectivity index (χ1n) is 8.88. The molecule has 0 saturated carbocycles. The Morgan fingerprint density at radius 2 is 2.20 bits per heavy atom. The van der Waals surface area contributed by atoms with Crippen LogP contribution in [0.15, 0.2) is 30.5 Å². The number of anilines is 1. The van der Waals surface area contributed by atoms with E-state index in [1.54, 1.807) is 12.3 Å². The smallest absolute Gasteiger partial charge is 0.181 e. The number of pyridine rings is 2. The first kappa shape index (κ1) is 16.0. The van der Waals surface area contributed by atoms with E-state index in [4.69, 9.17) is 0 Å². The number of fused-ring (bicyclic) bond motifs is 1. The van der Waals surface area contributed by atoms with E-state index < -0.39 is 0 Å². The van der Waals surface area contributed by atoms with Gasteiger partial charge in [-0.2, -0.15) is 5.10 Å². The molecule has 4 heterocycles. The minimum Gasteiger partial charge on any atom is -0.356 e. The van der Waals surface area contributed by atoms with Crippen LogP contribution >= 0.6 is 0 Å². The third-order valence-electron chi connectivity index (χ3n) is 5.15. The van der Waals surface area contributed by atoms with Gasteiger partial charge in [-0.25, -0.2) is 14.4 Å². The average Bonchev–Trinajstić information content (AvgIpc) is 3.20. The predicted molar refractivity (Wildman–Crippen MR) is 99.0 cm³/mol. The van der Waals surface area contributed by atoms with Gasteiger partial charge >= 0.3 is 0 Å². The van der Waals surface area contributed by atoms with Crippen molar-refractivity contribution in [2.45, 2.75) is 26.7 Å². The molecule has 1 aliphatic rings. The van der Waals surface area contributed by atoms with Crippen LogP contribution in [-0.2, 0) is 0 Å². The molecule has 4 rings (SSSR count). The summed E-state index contributed by atoms with van der Waals surface area (Å²) in [4.78, 5) is 11.1. The summed E-state index contributed by atoms with van der Waals surface area (Å²) in [6.45, 7) is 6.46. The number of H-pyrrole nitrogens is 1. The molecule has 1 N–H and O–H groups in total. The largest absolute Gasteiger partial charge is 0.356 e. The molecule has 1 fully saturated rings. The summed E-state index contributed by atoms with van der Waals surface area (Å²) in [5.41, 5.74) is 1.46. The van der Waals surface area contributed by atoms with Crippen molar-refractivity contribution in [3.8, 4) is 11.4 Å². The zero-order valence-electron chi connectivity index (χ0n) is 14.5. The summed E-state index contributed by atoms with van der Waals surface area (Å²) in [7, 11) is 0. The fourth-order valence-electron chi connectivity index (χ4n) is 3.78. The zero-order valence-corrected chi connectivity index (χ0v) is 14.5. The van der Waals surface area contributed by atoms with Crippen molar-refractivity contribution in [1.29, 1.82) is 0 Å². The van der Waals surface area contributed by atoms with Gasteiger partial charge in [-0.15, -0.1) is 0 Å². The second-order valence-electron chi connectivity index (χ2n) is 6.90. The predicted octanol–water partition coefficient (Wildman–Crippen LogP) is 4.28. The lowest BCUT2D eigenvalue weighted by Crippen LogP contribution is -2.21. The number of rotatable bonds is 4. The highest BCUT2D eigenvalue weighted by Gasteiger charge is 2.30. The Bertz CT molecular complexity index is 897. The third kappa shape index (κ3) is 2.86. The fourth-order valence-corrected chi connectivity index (χ4v) is 3.78. The van der Waals surface area contributed by atoms with Crippen LogP contribution in [0.2, 0.25) is 0 Å². The molecule has 132 valence electrons. The van der Waals surface area contributed by atoms with Crippen LogP contribution in [0.4, 0.5) is 10.2 Å². The van der Waals surface area contributed by atoms with E-state index in [1.165, 1.54) is 18.9 Å². The molecule has 0 spiro atoms. The van der Waals surface area contributed by atoms with Crippen molar-refractivity contribution in [3.63, 3.8) is 0 Å². The molecule has 3 aromatic rings. The molecule has 0 aliphatic carbocycles. The molecule has 1 saturated heterocycles. The Morgan fingerprint density at radius 3 is 3.04 bits per heavy atom. The van der Waals surface area contributed by atoms with Crippen LogP contribution in [-0.4, -0.2) is 33.3 Å². The van der Waals surface area contributed by atoms with Gasteiger partial charge < -0.3 is 4.90 Å². The molecule has 5 nitrogen and oxygen atoms in total. The number of hydrogen-bond donors (Lipinski definition) is 1. The Kier molecular flexibility index (Phi) is 4.11. The van der Waals surface area contributed by atoms with E-state index in [-0.39, 0.29) is 7.24 Å². The minimum atomic E-state index is -0.351. The maximum atomic E-state index is 14.5. The fraction of sp³-hybridized carbons (Fsp3) is 0.421. The van der Waals surface area contributed by atoms with Gasteiger partial charge in [0.25, 0.3) is 0 Å². The minimum absolute atomic E-state index is 0. The number of aromatic amines is 1. The van der Waals surface area contributed by atoms with Gasteiger partial charge in [0.15, 0.2) is 11.5 Å². The molecular formula is C19H24FN5. The summed E-state index contributed by atoms with van der Waals surface area (Å²) in [5, 5.41) is 7.83. The molecule has 0 unspecified atom stereocenters. The quantitative estimate of drug-likeness (QED) is 0.769. The van der Waals surface area contributed by atoms with Crippen molar-refractivity contribution in [2.24, 2.45) is 11.8 Å². The van der Waals surface area contributed by atoms with Crippen LogP contribution in [0.1, 0.15) is 28.1 Å². The van der Waals surface area contributed by atoms with Gasteiger partial charge in [-0.1, -0.05) is 20.3 Å². The summed E-state index contributed by atoms with van der Waals surface area (Å²) in [5.74, 6) is 1.79. The summed E-state index contributed by atoms with van der Waals surface area (Å²) in [6, 6.07) is 6.97. The van der Waals surface area contributed by atoms with E-state index in [0.29, 0.717) is 28.9 Å². The van der Waals surface area contributed by atoms with Crippen molar-refractivity contribution in [3.05, 3.63) is 36.3 Å². The van der Waals surface area contributed by atoms with Gasteiger partial charge in [-0.05, 0) is 42.5 Å². The lowest BCUT2D eigenvalue weighted by molar-refractivity contribution is 0.418. The standard InChI is InChI=1S/C19H22FN5.H2/c1-3-5-13-11-25(10-12(13)2)16-8-7-15(20)18(22-16)17-14-6-4-9-21-19(14)24-23-17;/h4,6-9,12-13H,3,5,10-11H2,1-2H3,(H,21,23,24);1H/t12-,13-;/m0./s1. The number of nitrogens with one attached hydrogen (secondary N) is 1. The molecule has 3 aromatic heterocycles. The van der Waals surface area contributed by atoms with Crippen LogP contribution in [0.3, 0.4) is 0 Å². The van der Waals surface area contributed by atoms with E-state index >= 15 is 0 Å². The van der Waals surface area contributed by atoms with Crippen molar-refractivity contribution >= 4 is 16.9 Å². The Morgan fingerprint density at radius 1 is 1.32 bits per heavy atom. The molecule has 1 aliphatic heterocycles. The highest BCUT2D eigenvalue weighted by atomic mass is 19.1. The second-order valence-corrected chi connectivity index (χ2v) is 6.90. The monoisotopic (exact) mass is 341 g/mol. The molecule has 6 heteroatoms. The van der Waals surface area contributed by atoms with E-state index in [1.807, 2.05) is 12.1 Å². The van der Waals surface area contributed by atoms with Crippen LogP contribution in [0.5, 0.6) is 0 Å².